The maximum Gasteiger partial charge on any atom is 0.244 e. The molecule has 9 nitrogen and oxygen atoms in total. The number of amides is 2. The summed E-state index contributed by atoms with van der Waals surface area (Å²) in [5.41, 5.74) is 2.04. The predicted octanol–water partition coefficient (Wildman–Crippen LogP) is 2.72. The molecule has 0 radical (unpaired) electrons. The number of sulfonamides is 1. The molecule has 0 aromatic heterocycles. The fraction of sp³-hybridized carbons (Fsp3) is 0.440. The van der Waals surface area contributed by atoms with Gasteiger partial charge in [0, 0.05) is 18.7 Å². The summed E-state index contributed by atoms with van der Waals surface area (Å²) in [7, 11) is -1.03. The highest BCUT2D eigenvalue weighted by atomic mass is 32.2. The van der Waals surface area contributed by atoms with Crippen molar-refractivity contribution in [3.05, 3.63) is 53.6 Å². The van der Waals surface area contributed by atoms with Crippen LogP contribution in [0.2, 0.25) is 0 Å². The van der Waals surface area contributed by atoms with Crippen molar-refractivity contribution in [1.82, 2.24) is 10.2 Å². The Morgan fingerprint density at radius 1 is 1.00 bits per heavy atom. The van der Waals surface area contributed by atoms with Crippen molar-refractivity contribution in [3.8, 4) is 11.5 Å². The van der Waals surface area contributed by atoms with Gasteiger partial charge in [0.05, 0.1) is 26.2 Å². The summed E-state index contributed by atoms with van der Waals surface area (Å²) >= 11 is 0. The quantitative estimate of drug-likeness (QED) is 0.504. The Kier molecular flexibility index (Phi) is 9.53. The van der Waals surface area contributed by atoms with Gasteiger partial charge >= 0.3 is 0 Å². The van der Waals surface area contributed by atoms with E-state index in [1.54, 1.807) is 19.1 Å². The van der Waals surface area contributed by atoms with Gasteiger partial charge in [-0.25, -0.2) is 8.42 Å². The molecule has 0 aliphatic heterocycles. The highest BCUT2D eigenvalue weighted by Crippen LogP contribution is 2.34. The zero-order chi connectivity index (χ0) is 26.3. The van der Waals surface area contributed by atoms with Crippen LogP contribution in [0.5, 0.6) is 11.5 Å². The Hall–Kier alpha value is -3.27. The fourth-order valence-corrected chi connectivity index (χ4v) is 4.31. The maximum atomic E-state index is 13.6. The van der Waals surface area contributed by atoms with E-state index in [0.29, 0.717) is 5.75 Å². The van der Waals surface area contributed by atoms with Crippen LogP contribution in [-0.2, 0) is 26.2 Å². The molecule has 0 unspecified atom stereocenters. The second-order valence-electron chi connectivity index (χ2n) is 8.65. The summed E-state index contributed by atoms with van der Waals surface area (Å²) < 4.78 is 37.1. The Bertz CT molecular complexity index is 1130. The van der Waals surface area contributed by atoms with Crippen LogP contribution in [0.15, 0.2) is 42.5 Å². The number of nitrogens with one attached hydrogen (secondary N) is 1. The largest absolute Gasteiger partial charge is 0.497 e. The maximum absolute atomic E-state index is 13.6. The highest BCUT2D eigenvalue weighted by molar-refractivity contribution is 7.92. The molecule has 1 atom stereocenters. The third-order valence-electron chi connectivity index (χ3n) is 5.41. The molecule has 10 heteroatoms. The van der Waals surface area contributed by atoms with Crippen LogP contribution in [-0.4, -0.2) is 64.2 Å². The van der Waals surface area contributed by atoms with Crippen molar-refractivity contribution in [3.63, 3.8) is 0 Å². The Labute approximate surface area is 208 Å². The zero-order valence-corrected chi connectivity index (χ0v) is 22.2. The lowest BCUT2D eigenvalue weighted by Gasteiger charge is -2.32. The number of hydrogen-bond acceptors (Lipinski definition) is 6. The minimum Gasteiger partial charge on any atom is -0.497 e. The number of hydrogen-bond donors (Lipinski definition) is 1. The summed E-state index contributed by atoms with van der Waals surface area (Å²) in [5.74, 6) is -0.194. The third kappa shape index (κ3) is 7.61. The van der Waals surface area contributed by atoms with Crippen LogP contribution in [0.25, 0.3) is 0 Å². The van der Waals surface area contributed by atoms with Gasteiger partial charge in [0.2, 0.25) is 21.8 Å². The van der Waals surface area contributed by atoms with Gasteiger partial charge in [-0.2, -0.15) is 0 Å². The molecule has 0 fully saturated rings. The molecular weight excluding hydrogens is 470 g/mol. The lowest BCUT2D eigenvalue weighted by Crippen LogP contribution is -2.52. The Morgan fingerprint density at radius 3 is 2.14 bits per heavy atom. The van der Waals surface area contributed by atoms with Gasteiger partial charge in [0.15, 0.2) is 0 Å². The van der Waals surface area contributed by atoms with Gasteiger partial charge in [-0.3, -0.25) is 13.9 Å². The van der Waals surface area contributed by atoms with E-state index in [9.17, 15) is 18.0 Å². The highest BCUT2D eigenvalue weighted by Gasteiger charge is 2.31. The topological polar surface area (TPSA) is 105 Å². The van der Waals surface area contributed by atoms with Crippen LogP contribution in [0, 0.1) is 6.92 Å². The molecule has 1 N–H and O–H groups in total. The standard InChI is InChI=1S/C25H35N3O6S/c1-17(2)26-25(30)19(4)27(15-20-10-8-18(3)9-11-20)24(29)16-28(35(7,31)32)22-14-21(33-5)12-13-23(22)34-6/h8-14,17,19H,15-16H2,1-7H3,(H,26,30)/t19-/m1/s1. The third-order valence-corrected chi connectivity index (χ3v) is 6.53. The molecule has 35 heavy (non-hydrogen) atoms. The number of rotatable bonds is 11. The van der Waals surface area contributed by atoms with Crippen molar-refractivity contribution < 1.29 is 27.5 Å². The molecule has 0 saturated carbocycles. The van der Waals surface area contributed by atoms with Gasteiger partial charge in [0.25, 0.3) is 0 Å². The minimum atomic E-state index is -3.90. The first-order chi connectivity index (χ1) is 16.4. The molecule has 2 aromatic rings. The van der Waals surface area contributed by atoms with E-state index in [0.717, 1.165) is 21.7 Å². The van der Waals surface area contributed by atoms with E-state index in [-0.39, 0.29) is 29.9 Å². The van der Waals surface area contributed by atoms with Crippen LogP contribution >= 0.6 is 0 Å². The molecular formula is C25H35N3O6S. The molecule has 0 bridgehead atoms. The minimum absolute atomic E-state index is 0.116. The molecule has 0 spiro atoms. The van der Waals surface area contributed by atoms with Crippen molar-refractivity contribution in [2.24, 2.45) is 0 Å². The fourth-order valence-electron chi connectivity index (χ4n) is 3.46. The number of nitrogens with zero attached hydrogens (tertiary/aromatic N) is 2. The average Bonchev–Trinajstić information content (AvgIpc) is 2.79. The SMILES string of the molecule is COc1ccc(OC)c(N(CC(=O)N(Cc2ccc(C)cc2)[C@H](C)C(=O)NC(C)C)S(C)(=O)=O)c1. The van der Waals surface area contributed by atoms with Crippen LogP contribution in [0.3, 0.4) is 0 Å². The van der Waals surface area contributed by atoms with Crippen LogP contribution in [0.1, 0.15) is 31.9 Å². The molecule has 2 rings (SSSR count). The predicted molar refractivity (Wildman–Crippen MR) is 136 cm³/mol. The van der Waals surface area contributed by atoms with E-state index in [1.807, 2.05) is 45.0 Å². The summed E-state index contributed by atoms with van der Waals surface area (Å²) in [6.45, 7) is 6.86. The lowest BCUT2D eigenvalue weighted by atomic mass is 10.1. The van der Waals surface area contributed by atoms with E-state index < -0.39 is 28.5 Å². The first-order valence-corrected chi connectivity index (χ1v) is 13.1. The van der Waals surface area contributed by atoms with E-state index in [2.05, 4.69) is 5.32 Å². The zero-order valence-electron chi connectivity index (χ0n) is 21.4. The van der Waals surface area contributed by atoms with Gasteiger partial charge in [-0.15, -0.1) is 0 Å². The molecule has 0 heterocycles. The number of aryl methyl sites for hydroxylation is 1. The summed E-state index contributed by atoms with van der Waals surface area (Å²) in [5, 5.41) is 2.82. The Balaban J connectivity index is 2.47. The van der Waals surface area contributed by atoms with Gasteiger partial charge in [-0.1, -0.05) is 29.8 Å². The number of carbonyl (C=O) groups excluding carboxylic acids is 2. The van der Waals surface area contributed by atoms with E-state index in [1.165, 1.54) is 25.2 Å². The summed E-state index contributed by atoms with van der Waals surface area (Å²) in [6.07, 6.45) is 1.01. The summed E-state index contributed by atoms with van der Waals surface area (Å²) in [4.78, 5) is 27.8. The molecule has 0 aliphatic rings. The van der Waals surface area contributed by atoms with Crippen molar-refractivity contribution in [1.29, 1.82) is 0 Å². The molecule has 0 saturated heterocycles. The van der Waals surface area contributed by atoms with Crippen LogP contribution in [0.4, 0.5) is 5.69 Å². The van der Waals surface area contributed by atoms with E-state index >= 15 is 0 Å². The number of anilines is 1. The smallest absolute Gasteiger partial charge is 0.244 e. The Morgan fingerprint density at radius 2 is 1.63 bits per heavy atom. The number of benzene rings is 2. The molecule has 192 valence electrons. The monoisotopic (exact) mass is 505 g/mol. The lowest BCUT2D eigenvalue weighted by molar-refractivity contribution is -0.139. The first kappa shape index (κ1) is 28.0. The van der Waals surface area contributed by atoms with Crippen molar-refractivity contribution in [2.45, 2.75) is 46.3 Å². The number of methoxy groups -OCH3 is 2. The molecule has 2 amide bonds. The number of ether oxygens (including phenoxy) is 2. The normalized spacial score (nSPS) is 12.1. The van der Waals surface area contributed by atoms with Crippen molar-refractivity contribution >= 4 is 27.5 Å². The summed E-state index contributed by atoms with van der Waals surface area (Å²) in [6, 6.07) is 11.3. The second kappa shape index (κ2) is 11.9. The van der Waals surface area contributed by atoms with Crippen molar-refractivity contribution in [2.75, 3.05) is 31.3 Å². The van der Waals surface area contributed by atoms with Crippen LogP contribution < -0.4 is 19.1 Å². The number of carbonyl (C=O) groups is 2. The van der Waals surface area contributed by atoms with Gasteiger partial charge in [-0.05, 0) is 45.4 Å². The molecule has 2 aromatic carbocycles. The first-order valence-electron chi connectivity index (χ1n) is 11.2. The molecule has 0 aliphatic carbocycles. The van der Waals surface area contributed by atoms with Gasteiger partial charge in [0.1, 0.15) is 24.1 Å². The second-order valence-corrected chi connectivity index (χ2v) is 10.6. The van der Waals surface area contributed by atoms with E-state index in [4.69, 9.17) is 9.47 Å². The average molecular weight is 506 g/mol. The van der Waals surface area contributed by atoms with Gasteiger partial charge < -0.3 is 19.7 Å².